The van der Waals surface area contributed by atoms with Gasteiger partial charge in [0.1, 0.15) is 11.6 Å². The molecular weight excluding hydrogens is 413 g/mol. The standard InChI is InChI=1S/C20H23F3N6O2/c21-20(22,23)11-2-1-3-12(6-11)25-17-16(9-24)18(29-5-4-14(30)10-29)28-19(27-17)26-13-7-15(31)8-13/h1-3,6,9,13-15,24,30-31H,4-5,7-8,10H2,(H2,25,26,27,28). The number of nitrogens with zero attached hydrogens (tertiary/aromatic N) is 3. The minimum Gasteiger partial charge on any atom is -0.393 e. The molecule has 1 saturated heterocycles. The molecule has 2 aromatic rings. The first-order valence-electron chi connectivity index (χ1n) is 9.97. The summed E-state index contributed by atoms with van der Waals surface area (Å²) in [7, 11) is 0. The van der Waals surface area contributed by atoms with E-state index < -0.39 is 17.8 Å². The summed E-state index contributed by atoms with van der Waals surface area (Å²) in [6.07, 6.45) is -2.70. The van der Waals surface area contributed by atoms with Crippen molar-refractivity contribution in [3.8, 4) is 0 Å². The minimum atomic E-state index is -4.48. The molecule has 2 heterocycles. The number of halogens is 3. The van der Waals surface area contributed by atoms with Crippen molar-refractivity contribution in [3.63, 3.8) is 0 Å². The Morgan fingerprint density at radius 2 is 1.94 bits per heavy atom. The lowest BCUT2D eigenvalue weighted by Gasteiger charge is -2.32. The summed E-state index contributed by atoms with van der Waals surface area (Å²) in [6.45, 7) is 0.867. The van der Waals surface area contributed by atoms with Gasteiger partial charge < -0.3 is 31.2 Å². The lowest BCUT2D eigenvalue weighted by molar-refractivity contribution is -0.137. The predicted octanol–water partition coefficient (Wildman–Crippen LogP) is 2.74. The van der Waals surface area contributed by atoms with E-state index in [1.165, 1.54) is 12.1 Å². The fraction of sp³-hybridized carbons (Fsp3) is 0.450. The largest absolute Gasteiger partial charge is 0.416 e. The van der Waals surface area contributed by atoms with Crippen LogP contribution >= 0.6 is 0 Å². The Bertz CT molecular complexity index is 964. The maximum atomic E-state index is 13.1. The summed E-state index contributed by atoms with van der Waals surface area (Å²) in [5.74, 6) is 0.842. The number of hydrogen-bond acceptors (Lipinski definition) is 8. The smallest absolute Gasteiger partial charge is 0.393 e. The molecule has 1 aliphatic heterocycles. The lowest BCUT2D eigenvalue weighted by atomic mass is 9.90. The van der Waals surface area contributed by atoms with Crippen molar-refractivity contribution >= 4 is 29.5 Å². The highest BCUT2D eigenvalue weighted by Crippen LogP contribution is 2.34. The molecule has 4 rings (SSSR count). The van der Waals surface area contributed by atoms with Crippen LogP contribution < -0.4 is 15.5 Å². The highest BCUT2D eigenvalue weighted by atomic mass is 19.4. The summed E-state index contributed by atoms with van der Waals surface area (Å²) in [4.78, 5) is 10.7. The van der Waals surface area contributed by atoms with Gasteiger partial charge in [-0.15, -0.1) is 0 Å². The van der Waals surface area contributed by atoms with Crippen LogP contribution in [0.2, 0.25) is 0 Å². The van der Waals surface area contributed by atoms with Gasteiger partial charge in [0.05, 0.1) is 23.3 Å². The zero-order valence-corrected chi connectivity index (χ0v) is 16.5. The van der Waals surface area contributed by atoms with Crippen LogP contribution in [0.15, 0.2) is 24.3 Å². The van der Waals surface area contributed by atoms with Crippen molar-refractivity contribution in [1.82, 2.24) is 9.97 Å². The zero-order chi connectivity index (χ0) is 22.2. The van der Waals surface area contributed by atoms with E-state index in [1.54, 1.807) is 0 Å². The van der Waals surface area contributed by atoms with Gasteiger partial charge in [-0.3, -0.25) is 0 Å². The maximum Gasteiger partial charge on any atom is 0.416 e. The molecule has 0 radical (unpaired) electrons. The van der Waals surface area contributed by atoms with Crippen LogP contribution in [0.1, 0.15) is 30.4 Å². The van der Waals surface area contributed by atoms with E-state index in [0.717, 1.165) is 18.3 Å². The Morgan fingerprint density at radius 3 is 2.55 bits per heavy atom. The molecule has 0 amide bonds. The number of nitrogens with one attached hydrogen (secondary N) is 3. The Morgan fingerprint density at radius 1 is 1.16 bits per heavy atom. The second kappa shape index (κ2) is 8.31. The average molecular weight is 436 g/mol. The number of β-amino-alcohol motifs (C(OH)–C–C–N with tert-alkyl or cyclic N) is 1. The molecule has 1 saturated carbocycles. The predicted molar refractivity (Wildman–Crippen MR) is 110 cm³/mol. The van der Waals surface area contributed by atoms with E-state index in [4.69, 9.17) is 5.41 Å². The third-order valence-electron chi connectivity index (χ3n) is 5.43. The van der Waals surface area contributed by atoms with Crippen LogP contribution in [0.25, 0.3) is 0 Å². The molecule has 166 valence electrons. The fourth-order valence-electron chi connectivity index (χ4n) is 3.72. The average Bonchev–Trinajstić information content (AvgIpc) is 3.12. The second-order valence-corrected chi connectivity index (χ2v) is 7.84. The van der Waals surface area contributed by atoms with Crippen LogP contribution in [-0.2, 0) is 6.18 Å². The van der Waals surface area contributed by atoms with E-state index in [2.05, 4.69) is 20.6 Å². The van der Waals surface area contributed by atoms with Gasteiger partial charge in [-0.2, -0.15) is 23.1 Å². The number of hydrogen-bond donors (Lipinski definition) is 5. The summed E-state index contributed by atoms with van der Waals surface area (Å²) >= 11 is 0. The number of benzene rings is 1. The van der Waals surface area contributed by atoms with E-state index in [-0.39, 0.29) is 29.6 Å². The maximum absolute atomic E-state index is 13.1. The molecule has 0 spiro atoms. The molecule has 0 bridgehead atoms. The number of anilines is 4. The highest BCUT2D eigenvalue weighted by Gasteiger charge is 2.31. The molecule has 1 unspecified atom stereocenters. The number of rotatable bonds is 6. The van der Waals surface area contributed by atoms with E-state index in [1.807, 2.05) is 4.90 Å². The Balaban J connectivity index is 1.70. The monoisotopic (exact) mass is 436 g/mol. The third-order valence-corrected chi connectivity index (χ3v) is 5.43. The Hall–Kier alpha value is -2.92. The van der Waals surface area contributed by atoms with Crippen LogP contribution in [0.5, 0.6) is 0 Å². The van der Waals surface area contributed by atoms with E-state index in [0.29, 0.717) is 43.7 Å². The molecule has 1 aromatic heterocycles. The van der Waals surface area contributed by atoms with Crippen LogP contribution in [0.4, 0.5) is 36.4 Å². The molecule has 11 heteroatoms. The quantitative estimate of drug-likeness (QED) is 0.442. The van der Waals surface area contributed by atoms with Gasteiger partial charge in [-0.1, -0.05) is 6.07 Å². The number of aliphatic hydroxyl groups is 2. The molecule has 2 fully saturated rings. The van der Waals surface area contributed by atoms with Gasteiger partial charge in [0, 0.05) is 31.0 Å². The van der Waals surface area contributed by atoms with Crippen molar-refractivity contribution in [2.45, 2.75) is 43.7 Å². The van der Waals surface area contributed by atoms with Crippen LogP contribution in [0.3, 0.4) is 0 Å². The Kier molecular flexibility index (Phi) is 5.71. The first kappa shape index (κ1) is 21.3. The third kappa shape index (κ3) is 4.72. The summed E-state index contributed by atoms with van der Waals surface area (Å²) in [5, 5.41) is 33.3. The van der Waals surface area contributed by atoms with E-state index >= 15 is 0 Å². The number of aromatic nitrogens is 2. The summed E-state index contributed by atoms with van der Waals surface area (Å²) in [5.41, 5.74) is -0.313. The van der Waals surface area contributed by atoms with Crippen molar-refractivity contribution in [3.05, 3.63) is 35.4 Å². The van der Waals surface area contributed by atoms with Gasteiger partial charge in [0.15, 0.2) is 0 Å². The zero-order valence-electron chi connectivity index (χ0n) is 16.5. The summed E-state index contributed by atoms with van der Waals surface area (Å²) < 4.78 is 39.3. The molecule has 31 heavy (non-hydrogen) atoms. The minimum absolute atomic E-state index is 0.0146. The molecule has 1 aromatic carbocycles. The van der Waals surface area contributed by atoms with Gasteiger partial charge in [-0.05, 0) is 37.5 Å². The normalized spacial score (nSPS) is 23.4. The van der Waals surface area contributed by atoms with Gasteiger partial charge >= 0.3 is 6.18 Å². The second-order valence-electron chi connectivity index (χ2n) is 7.84. The van der Waals surface area contributed by atoms with Gasteiger partial charge in [0.25, 0.3) is 0 Å². The molecule has 1 atom stereocenters. The van der Waals surface area contributed by atoms with Crippen LogP contribution in [-0.4, -0.2) is 57.7 Å². The van der Waals surface area contributed by atoms with Gasteiger partial charge in [-0.25, -0.2) is 0 Å². The summed E-state index contributed by atoms with van der Waals surface area (Å²) in [6, 6.07) is 4.72. The fourth-order valence-corrected chi connectivity index (χ4v) is 3.72. The van der Waals surface area contributed by atoms with Crippen LogP contribution in [0, 0.1) is 5.41 Å². The first-order chi connectivity index (χ1) is 14.7. The topological polar surface area (TPSA) is 117 Å². The van der Waals surface area contributed by atoms with E-state index in [9.17, 15) is 23.4 Å². The molecule has 5 N–H and O–H groups in total. The van der Waals surface area contributed by atoms with Crippen molar-refractivity contribution in [2.24, 2.45) is 0 Å². The molecule has 2 aliphatic rings. The van der Waals surface area contributed by atoms with Crippen molar-refractivity contribution < 1.29 is 23.4 Å². The number of alkyl halides is 3. The van der Waals surface area contributed by atoms with Crippen molar-refractivity contribution in [2.75, 3.05) is 28.6 Å². The lowest BCUT2D eigenvalue weighted by Crippen LogP contribution is -2.39. The Labute approximate surface area is 176 Å². The first-order valence-corrected chi connectivity index (χ1v) is 9.97. The van der Waals surface area contributed by atoms with Crippen molar-refractivity contribution in [1.29, 1.82) is 5.41 Å². The highest BCUT2D eigenvalue weighted by molar-refractivity contribution is 5.93. The number of aliphatic hydroxyl groups excluding tert-OH is 2. The molecular formula is C20H23F3N6O2. The van der Waals surface area contributed by atoms with Gasteiger partial charge in [0.2, 0.25) is 5.95 Å². The molecule has 8 nitrogen and oxygen atoms in total. The SMILES string of the molecule is N=Cc1c(Nc2cccc(C(F)(F)F)c2)nc(NC2CC(O)C2)nc1N1CCC(O)C1. The molecule has 1 aliphatic carbocycles.